The number of amides is 1. The van der Waals surface area contributed by atoms with Crippen molar-refractivity contribution in [3.8, 4) is 0 Å². The highest BCUT2D eigenvalue weighted by Gasteiger charge is 2.17. The van der Waals surface area contributed by atoms with Gasteiger partial charge in [0.05, 0.1) is 4.83 Å². The van der Waals surface area contributed by atoms with Gasteiger partial charge in [-0.2, -0.15) is 0 Å². The maximum atomic E-state index is 11.2. The molecule has 0 aromatic rings. The van der Waals surface area contributed by atoms with Gasteiger partial charge in [-0.25, -0.2) is 0 Å². The van der Waals surface area contributed by atoms with E-state index in [0.717, 1.165) is 26.1 Å². The minimum absolute atomic E-state index is 0.0712. The second-order valence-corrected chi connectivity index (χ2v) is 4.38. The smallest absolute Gasteiger partial charge is 0.233 e. The molecule has 0 aromatic heterocycles. The lowest BCUT2D eigenvalue weighted by Crippen LogP contribution is -2.41. The monoisotopic (exact) mass is 235 g/mol. The third-order valence-corrected chi connectivity index (χ3v) is 2.34. The topological polar surface area (TPSA) is 38.3 Å². The van der Waals surface area contributed by atoms with E-state index in [0.29, 0.717) is 6.04 Å². The third-order valence-electron chi connectivity index (χ3n) is 1.93. The summed E-state index contributed by atoms with van der Waals surface area (Å²) in [6.45, 7) is 3.36. The van der Waals surface area contributed by atoms with Crippen LogP contribution in [0.4, 0.5) is 0 Å². The molecule has 1 aliphatic rings. The van der Waals surface area contributed by atoms with Gasteiger partial charge in [-0.1, -0.05) is 15.9 Å². The van der Waals surface area contributed by atoms with Gasteiger partial charge < -0.3 is 10.1 Å². The Hall–Kier alpha value is -0.0900. The van der Waals surface area contributed by atoms with Crippen molar-refractivity contribution in [1.82, 2.24) is 5.32 Å². The Labute approximate surface area is 81.0 Å². The molecule has 1 atom stereocenters. The van der Waals surface area contributed by atoms with Crippen molar-refractivity contribution in [1.29, 1.82) is 0 Å². The van der Waals surface area contributed by atoms with Crippen LogP contribution in [-0.2, 0) is 9.53 Å². The van der Waals surface area contributed by atoms with Crippen molar-refractivity contribution in [2.24, 2.45) is 0 Å². The largest absolute Gasteiger partial charge is 0.381 e. The molecule has 4 heteroatoms. The van der Waals surface area contributed by atoms with E-state index >= 15 is 0 Å². The van der Waals surface area contributed by atoms with E-state index in [9.17, 15) is 4.79 Å². The quantitative estimate of drug-likeness (QED) is 0.728. The number of hydrogen-bond acceptors (Lipinski definition) is 2. The summed E-state index contributed by atoms with van der Waals surface area (Å²) in [7, 11) is 0. The highest BCUT2D eigenvalue weighted by atomic mass is 79.9. The summed E-state index contributed by atoms with van der Waals surface area (Å²) < 4.78 is 5.18. The highest BCUT2D eigenvalue weighted by molar-refractivity contribution is 9.10. The van der Waals surface area contributed by atoms with Crippen molar-refractivity contribution in [3.05, 3.63) is 0 Å². The van der Waals surface area contributed by atoms with Crippen LogP contribution in [0.2, 0.25) is 0 Å². The van der Waals surface area contributed by atoms with Crippen molar-refractivity contribution in [2.75, 3.05) is 13.2 Å². The molecule has 0 saturated carbocycles. The maximum Gasteiger partial charge on any atom is 0.233 e. The zero-order chi connectivity index (χ0) is 8.97. The van der Waals surface area contributed by atoms with Crippen molar-refractivity contribution >= 4 is 21.8 Å². The standard InChI is InChI=1S/C8H14BrNO2/c1-6(9)8(11)10-7-2-4-12-5-3-7/h6-7H,2-5H2,1H3,(H,10,11)/t6-/m1/s1. The fourth-order valence-corrected chi connectivity index (χ4v) is 1.29. The van der Waals surface area contributed by atoms with Crippen LogP contribution in [0.1, 0.15) is 19.8 Å². The molecule has 70 valence electrons. The Kier molecular flexibility index (Phi) is 4.01. The highest BCUT2D eigenvalue weighted by Crippen LogP contribution is 2.07. The molecule has 0 aromatic carbocycles. The number of carbonyl (C=O) groups excluding carboxylic acids is 1. The lowest BCUT2D eigenvalue weighted by Gasteiger charge is -2.23. The maximum absolute atomic E-state index is 11.2. The molecule has 1 saturated heterocycles. The van der Waals surface area contributed by atoms with Gasteiger partial charge in [0.1, 0.15) is 0 Å². The zero-order valence-electron chi connectivity index (χ0n) is 7.18. The van der Waals surface area contributed by atoms with Gasteiger partial charge in [-0.05, 0) is 19.8 Å². The molecule has 0 aliphatic carbocycles. The minimum Gasteiger partial charge on any atom is -0.381 e. The Morgan fingerprint density at radius 1 is 1.58 bits per heavy atom. The predicted octanol–water partition coefficient (Wildman–Crippen LogP) is 1.06. The Bertz CT molecular complexity index is 155. The molecular formula is C8H14BrNO2. The fraction of sp³-hybridized carbons (Fsp3) is 0.875. The number of alkyl halides is 1. The predicted molar refractivity (Wildman–Crippen MR) is 50.4 cm³/mol. The fourth-order valence-electron chi connectivity index (χ4n) is 1.16. The van der Waals surface area contributed by atoms with E-state index in [-0.39, 0.29) is 10.7 Å². The van der Waals surface area contributed by atoms with E-state index in [2.05, 4.69) is 21.2 Å². The molecule has 1 amide bonds. The van der Waals surface area contributed by atoms with Crippen molar-refractivity contribution < 1.29 is 9.53 Å². The van der Waals surface area contributed by atoms with E-state index in [4.69, 9.17) is 4.74 Å². The molecule has 1 N–H and O–H groups in total. The lowest BCUT2D eigenvalue weighted by atomic mass is 10.1. The molecule has 0 unspecified atom stereocenters. The SMILES string of the molecule is C[C@@H](Br)C(=O)NC1CCOCC1. The molecule has 0 radical (unpaired) electrons. The summed E-state index contributed by atoms with van der Waals surface area (Å²) in [5, 5.41) is 2.95. The van der Waals surface area contributed by atoms with E-state index in [1.807, 2.05) is 6.92 Å². The van der Waals surface area contributed by atoms with Crippen LogP contribution in [0.5, 0.6) is 0 Å². The summed E-state index contributed by atoms with van der Waals surface area (Å²) in [6.07, 6.45) is 1.87. The first-order valence-corrected chi connectivity index (χ1v) is 5.14. The second kappa shape index (κ2) is 4.82. The number of rotatable bonds is 2. The van der Waals surface area contributed by atoms with Gasteiger partial charge in [0, 0.05) is 19.3 Å². The number of hydrogen-bond donors (Lipinski definition) is 1. The minimum atomic E-state index is -0.0969. The lowest BCUT2D eigenvalue weighted by molar-refractivity contribution is -0.121. The summed E-state index contributed by atoms with van der Waals surface area (Å²) >= 11 is 3.22. The van der Waals surface area contributed by atoms with Crippen LogP contribution < -0.4 is 5.32 Å². The molecule has 0 bridgehead atoms. The first-order valence-electron chi connectivity index (χ1n) is 4.22. The van der Waals surface area contributed by atoms with Gasteiger partial charge in [0.15, 0.2) is 0 Å². The first kappa shape index (κ1) is 9.99. The van der Waals surface area contributed by atoms with Crippen molar-refractivity contribution in [3.63, 3.8) is 0 Å². The first-order chi connectivity index (χ1) is 5.70. The molecule has 1 fully saturated rings. The summed E-state index contributed by atoms with van der Waals surface area (Å²) in [5.74, 6) is 0.0712. The second-order valence-electron chi connectivity index (χ2n) is 3.01. The van der Waals surface area contributed by atoms with Crippen LogP contribution >= 0.6 is 15.9 Å². The van der Waals surface area contributed by atoms with E-state index in [1.165, 1.54) is 0 Å². The average molecular weight is 236 g/mol. The Balaban J connectivity index is 2.24. The van der Waals surface area contributed by atoms with Crippen LogP contribution in [0.25, 0.3) is 0 Å². The molecule has 1 aliphatic heterocycles. The van der Waals surface area contributed by atoms with Gasteiger partial charge in [0.2, 0.25) is 5.91 Å². The summed E-state index contributed by atoms with van der Waals surface area (Å²) in [6, 6.07) is 0.311. The summed E-state index contributed by atoms with van der Waals surface area (Å²) in [4.78, 5) is 11.1. The molecular weight excluding hydrogens is 222 g/mol. The van der Waals surface area contributed by atoms with Crippen LogP contribution in [0.3, 0.4) is 0 Å². The average Bonchev–Trinajstić information content (AvgIpc) is 2.06. The van der Waals surface area contributed by atoms with Crippen molar-refractivity contribution in [2.45, 2.75) is 30.6 Å². The number of halogens is 1. The normalized spacial score (nSPS) is 21.8. The van der Waals surface area contributed by atoms with E-state index in [1.54, 1.807) is 0 Å². The molecule has 3 nitrogen and oxygen atoms in total. The van der Waals surface area contributed by atoms with Crippen LogP contribution in [-0.4, -0.2) is 30.0 Å². The van der Waals surface area contributed by atoms with Gasteiger partial charge >= 0.3 is 0 Å². The Morgan fingerprint density at radius 3 is 2.67 bits per heavy atom. The molecule has 1 rings (SSSR count). The van der Waals surface area contributed by atoms with Crippen LogP contribution in [0.15, 0.2) is 0 Å². The third kappa shape index (κ3) is 3.11. The molecule has 12 heavy (non-hydrogen) atoms. The summed E-state index contributed by atoms with van der Waals surface area (Å²) in [5.41, 5.74) is 0. The number of ether oxygens (including phenoxy) is 1. The van der Waals surface area contributed by atoms with Gasteiger partial charge in [-0.3, -0.25) is 4.79 Å². The van der Waals surface area contributed by atoms with Crippen LogP contribution in [0, 0.1) is 0 Å². The van der Waals surface area contributed by atoms with E-state index < -0.39 is 0 Å². The molecule has 1 heterocycles. The van der Waals surface area contributed by atoms with Gasteiger partial charge in [-0.15, -0.1) is 0 Å². The van der Waals surface area contributed by atoms with Gasteiger partial charge in [0.25, 0.3) is 0 Å². The number of nitrogens with one attached hydrogen (secondary N) is 1. The molecule has 0 spiro atoms. The zero-order valence-corrected chi connectivity index (χ0v) is 8.76. The number of carbonyl (C=O) groups is 1. The Morgan fingerprint density at radius 2 is 2.17 bits per heavy atom.